The number of hydrogen-bond donors (Lipinski definition) is 1. The molecule has 0 fully saturated rings. The van der Waals surface area contributed by atoms with Crippen molar-refractivity contribution in [3.63, 3.8) is 0 Å². The monoisotopic (exact) mass is 378 g/mol. The average molecular weight is 378 g/mol. The van der Waals surface area contributed by atoms with Gasteiger partial charge in [-0.25, -0.2) is 4.79 Å². The number of carbonyl (C=O) groups is 2. The molecular weight excluding hydrogens is 361 g/mol. The first-order valence-electron chi connectivity index (χ1n) is 7.79. The highest BCUT2D eigenvalue weighted by Crippen LogP contribution is 2.29. The molecule has 0 bridgehead atoms. The SMILES string of the molecule is COC(=O)N(C)c1ccc(NC(=O)C=Cc2ccc(C(F)(F)F)cc2)cc1. The van der Waals surface area contributed by atoms with Crippen LogP contribution in [0.3, 0.4) is 0 Å². The van der Waals surface area contributed by atoms with Gasteiger partial charge in [0.05, 0.1) is 12.7 Å². The second-order valence-electron chi connectivity index (χ2n) is 5.52. The van der Waals surface area contributed by atoms with Gasteiger partial charge in [0, 0.05) is 24.5 Å². The topological polar surface area (TPSA) is 58.6 Å². The molecule has 0 unspecified atom stereocenters. The molecule has 8 heteroatoms. The van der Waals surface area contributed by atoms with Crippen molar-refractivity contribution in [2.75, 3.05) is 24.4 Å². The summed E-state index contributed by atoms with van der Waals surface area (Å²) in [4.78, 5) is 24.7. The number of carbonyl (C=O) groups excluding carboxylic acids is 2. The van der Waals surface area contributed by atoms with E-state index in [1.54, 1.807) is 31.3 Å². The molecule has 2 aromatic rings. The minimum atomic E-state index is -4.40. The van der Waals surface area contributed by atoms with Gasteiger partial charge in [-0.3, -0.25) is 9.69 Å². The first-order chi connectivity index (χ1) is 12.7. The summed E-state index contributed by atoms with van der Waals surface area (Å²) < 4.78 is 42.1. The number of anilines is 2. The summed E-state index contributed by atoms with van der Waals surface area (Å²) >= 11 is 0. The predicted octanol–water partition coefficient (Wildman–Crippen LogP) is 4.56. The van der Waals surface area contributed by atoms with Crippen LogP contribution >= 0.6 is 0 Å². The molecule has 0 aromatic heterocycles. The second-order valence-corrected chi connectivity index (χ2v) is 5.52. The molecule has 0 aliphatic carbocycles. The van der Waals surface area contributed by atoms with E-state index in [0.717, 1.165) is 12.1 Å². The van der Waals surface area contributed by atoms with Gasteiger partial charge < -0.3 is 10.1 Å². The van der Waals surface area contributed by atoms with Crippen molar-refractivity contribution in [2.24, 2.45) is 0 Å². The maximum absolute atomic E-state index is 12.5. The van der Waals surface area contributed by atoms with Crippen LogP contribution < -0.4 is 10.2 Å². The van der Waals surface area contributed by atoms with Gasteiger partial charge in [0.25, 0.3) is 0 Å². The summed E-state index contributed by atoms with van der Waals surface area (Å²) in [5.74, 6) is -0.441. The van der Waals surface area contributed by atoms with Crippen molar-refractivity contribution in [3.8, 4) is 0 Å². The van der Waals surface area contributed by atoms with Crippen molar-refractivity contribution in [2.45, 2.75) is 6.18 Å². The van der Waals surface area contributed by atoms with Gasteiger partial charge in [0.15, 0.2) is 0 Å². The molecule has 0 aliphatic heterocycles. The van der Waals surface area contributed by atoms with Gasteiger partial charge in [-0.1, -0.05) is 12.1 Å². The quantitative estimate of drug-likeness (QED) is 0.794. The van der Waals surface area contributed by atoms with Crippen molar-refractivity contribution < 1.29 is 27.5 Å². The van der Waals surface area contributed by atoms with E-state index in [4.69, 9.17) is 0 Å². The van der Waals surface area contributed by atoms with Crippen LogP contribution in [-0.4, -0.2) is 26.2 Å². The lowest BCUT2D eigenvalue weighted by molar-refractivity contribution is -0.137. The summed E-state index contributed by atoms with van der Waals surface area (Å²) in [7, 11) is 2.82. The largest absolute Gasteiger partial charge is 0.452 e. The van der Waals surface area contributed by atoms with Crippen LogP contribution in [0.2, 0.25) is 0 Å². The van der Waals surface area contributed by atoms with Gasteiger partial charge in [0.1, 0.15) is 0 Å². The molecule has 0 saturated carbocycles. The van der Waals surface area contributed by atoms with E-state index >= 15 is 0 Å². The third kappa shape index (κ3) is 5.60. The van der Waals surface area contributed by atoms with E-state index in [9.17, 15) is 22.8 Å². The fourth-order valence-corrected chi connectivity index (χ4v) is 2.15. The highest BCUT2D eigenvalue weighted by Gasteiger charge is 2.29. The number of rotatable bonds is 4. The predicted molar refractivity (Wildman–Crippen MR) is 96.4 cm³/mol. The van der Waals surface area contributed by atoms with Crippen LogP contribution in [-0.2, 0) is 15.7 Å². The van der Waals surface area contributed by atoms with Crippen LogP contribution in [0.15, 0.2) is 54.6 Å². The highest BCUT2D eigenvalue weighted by atomic mass is 19.4. The lowest BCUT2D eigenvalue weighted by Gasteiger charge is -2.15. The summed E-state index contributed by atoms with van der Waals surface area (Å²) in [6.07, 6.45) is -2.29. The number of hydrogen-bond acceptors (Lipinski definition) is 3. The van der Waals surface area contributed by atoms with E-state index in [0.29, 0.717) is 16.9 Å². The van der Waals surface area contributed by atoms with E-state index in [-0.39, 0.29) is 0 Å². The number of methoxy groups -OCH3 is 1. The lowest BCUT2D eigenvalue weighted by Crippen LogP contribution is -2.25. The third-order valence-corrected chi connectivity index (χ3v) is 3.64. The van der Waals surface area contributed by atoms with Crippen LogP contribution in [0, 0.1) is 0 Å². The van der Waals surface area contributed by atoms with Gasteiger partial charge in [-0.2, -0.15) is 13.2 Å². The second kappa shape index (κ2) is 8.39. The number of amides is 2. The number of ether oxygens (including phenoxy) is 1. The molecule has 0 saturated heterocycles. The Bertz CT molecular complexity index is 829. The maximum Gasteiger partial charge on any atom is 0.416 e. The van der Waals surface area contributed by atoms with Crippen molar-refractivity contribution in [1.82, 2.24) is 0 Å². The van der Waals surface area contributed by atoms with E-state index in [1.165, 1.54) is 36.3 Å². The first-order valence-corrected chi connectivity index (χ1v) is 7.79. The van der Waals surface area contributed by atoms with Crippen molar-refractivity contribution in [1.29, 1.82) is 0 Å². The molecule has 27 heavy (non-hydrogen) atoms. The average Bonchev–Trinajstić information content (AvgIpc) is 2.65. The van der Waals surface area contributed by atoms with Crippen LogP contribution in [0.1, 0.15) is 11.1 Å². The Kier molecular flexibility index (Phi) is 6.23. The van der Waals surface area contributed by atoms with Crippen LogP contribution in [0.5, 0.6) is 0 Å². The molecule has 2 aromatic carbocycles. The van der Waals surface area contributed by atoms with Gasteiger partial charge >= 0.3 is 12.3 Å². The summed E-state index contributed by atoms with van der Waals surface area (Å²) in [5.41, 5.74) is 0.800. The summed E-state index contributed by atoms with van der Waals surface area (Å²) in [5, 5.41) is 2.62. The molecule has 5 nitrogen and oxygen atoms in total. The Labute approximate surface area is 154 Å². The van der Waals surface area contributed by atoms with Crippen LogP contribution in [0.4, 0.5) is 29.3 Å². The fraction of sp³-hybridized carbons (Fsp3) is 0.158. The maximum atomic E-state index is 12.5. The highest BCUT2D eigenvalue weighted by molar-refractivity contribution is 6.02. The lowest BCUT2D eigenvalue weighted by atomic mass is 10.1. The molecule has 2 rings (SSSR count). The van der Waals surface area contributed by atoms with E-state index in [2.05, 4.69) is 10.1 Å². The number of alkyl halides is 3. The molecule has 142 valence electrons. The minimum absolute atomic E-state index is 0.441. The molecule has 0 atom stereocenters. The van der Waals surface area contributed by atoms with E-state index < -0.39 is 23.7 Å². The smallest absolute Gasteiger partial charge is 0.416 e. The molecule has 0 spiro atoms. The molecule has 0 radical (unpaired) electrons. The van der Waals surface area contributed by atoms with E-state index in [1.807, 2.05) is 0 Å². The van der Waals surface area contributed by atoms with Gasteiger partial charge in [0.2, 0.25) is 5.91 Å². The molecular formula is C19H17F3N2O3. The number of nitrogens with one attached hydrogen (secondary N) is 1. The van der Waals surface area contributed by atoms with Crippen LogP contribution in [0.25, 0.3) is 6.08 Å². The number of halogens is 3. The Morgan fingerprint density at radius 3 is 2.15 bits per heavy atom. The molecule has 1 N–H and O–H groups in total. The van der Waals surface area contributed by atoms with Gasteiger partial charge in [-0.15, -0.1) is 0 Å². The summed E-state index contributed by atoms with van der Waals surface area (Å²) in [6.45, 7) is 0. The first kappa shape index (κ1) is 20.0. The molecule has 2 amide bonds. The standard InChI is InChI=1S/C19H17F3N2O3/c1-24(18(26)27-2)16-10-8-15(9-11-16)23-17(25)12-5-13-3-6-14(7-4-13)19(20,21)22/h3-12H,1-2H3,(H,23,25). The Morgan fingerprint density at radius 2 is 1.63 bits per heavy atom. The fourth-order valence-electron chi connectivity index (χ4n) is 2.15. The normalized spacial score (nSPS) is 11.3. The van der Waals surface area contributed by atoms with Crippen molar-refractivity contribution >= 4 is 29.5 Å². The number of benzene rings is 2. The molecule has 0 aliphatic rings. The number of nitrogens with zero attached hydrogens (tertiary/aromatic N) is 1. The zero-order chi connectivity index (χ0) is 20.0. The zero-order valence-corrected chi connectivity index (χ0v) is 14.6. The zero-order valence-electron chi connectivity index (χ0n) is 14.6. The Hall–Kier alpha value is -3.29. The Morgan fingerprint density at radius 1 is 1.04 bits per heavy atom. The minimum Gasteiger partial charge on any atom is -0.452 e. The van der Waals surface area contributed by atoms with Gasteiger partial charge in [-0.05, 0) is 48.0 Å². The third-order valence-electron chi connectivity index (χ3n) is 3.64. The Balaban J connectivity index is 1.97. The molecule has 0 heterocycles. The summed E-state index contributed by atoms with van der Waals surface area (Å²) in [6, 6.07) is 11.0. The van der Waals surface area contributed by atoms with Crippen molar-refractivity contribution in [3.05, 3.63) is 65.7 Å².